The first kappa shape index (κ1) is 14.6. The molecule has 5 heteroatoms. The summed E-state index contributed by atoms with van der Waals surface area (Å²) >= 11 is 11.9. The topological polar surface area (TPSA) is 37.3 Å². The highest BCUT2D eigenvalue weighted by Gasteiger charge is 2.07. The second kappa shape index (κ2) is 6.07. The summed E-state index contributed by atoms with van der Waals surface area (Å²) < 4.78 is 13.4. The third-order valence-corrected chi connectivity index (χ3v) is 3.03. The summed E-state index contributed by atoms with van der Waals surface area (Å²) in [5.74, 6) is -1.51. The van der Waals surface area contributed by atoms with E-state index in [1.165, 1.54) is 24.3 Å². The number of halogens is 3. The fourth-order valence-electron chi connectivity index (χ4n) is 1.79. The molecule has 0 unspecified atom stereocenters. The van der Waals surface area contributed by atoms with Crippen LogP contribution in [0.1, 0.15) is 5.56 Å². The van der Waals surface area contributed by atoms with Crippen molar-refractivity contribution < 1.29 is 14.3 Å². The van der Waals surface area contributed by atoms with Crippen molar-refractivity contribution >= 4 is 35.2 Å². The molecule has 2 aromatic carbocycles. The van der Waals surface area contributed by atoms with Crippen molar-refractivity contribution in [1.29, 1.82) is 0 Å². The first-order valence-electron chi connectivity index (χ1n) is 5.63. The van der Waals surface area contributed by atoms with E-state index in [1.54, 1.807) is 18.2 Å². The Kier molecular flexibility index (Phi) is 4.42. The molecule has 0 saturated heterocycles. The van der Waals surface area contributed by atoms with Gasteiger partial charge in [0.15, 0.2) is 0 Å². The molecule has 0 spiro atoms. The molecule has 0 atom stereocenters. The second-order valence-corrected chi connectivity index (χ2v) is 4.93. The zero-order valence-electron chi connectivity index (χ0n) is 10.1. The van der Waals surface area contributed by atoms with Gasteiger partial charge in [0.2, 0.25) is 0 Å². The summed E-state index contributed by atoms with van der Waals surface area (Å²) in [6.45, 7) is 0. The van der Waals surface area contributed by atoms with Crippen molar-refractivity contribution in [2.75, 3.05) is 0 Å². The van der Waals surface area contributed by atoms with Crippen molar-refractivity contribution in [2.45, 2.75) is 0 Å². The number of aliphatic carboxylic acids is 1. The molecule has 0 aliphatic heterocycles. The molecule has 20 heavy (non-hydrogen) atoms. The van der Waals surface area contributed by atoms with Gasteiger partial charge in [-0.3, -0.25) is 0 Å². The summed E-state index contributed by atoms with van der Waals surface area (Å²) in [5.41, 5.74) is 1.70. The first-order valence-corrected chi connectivity index (χ1v) is 6.38. The Hall–Kier alpha value is -1.84. The van der Waals surface area contributed by atoms with Gasteiger partial charge in [0.1, 0.15) is 5.82 Å². The maximum Gasteiger partial charge on any atom is 0.328 e. The molecule has 2 rings (SSSR count). The highest BCUT2D eigenvalue weighted by Crippen LogP contribution is 2.30. The van der Waals surface area contributed by atoms with Gasteiger partial charge < -0.3 is 5.11 Å². The molecule has 0 bridgehead atoms. The monoisotopic (exact) mass is 310 g/mol. The number of hydrogen-bond donors (Lipinski definition) is 1. The van der Waals surface area contributed by atoms with Crippen LogP contribution >= 0.6 is 23.2 Å². The Balaban J connectivity index is 2.59. The Morgan fingerprint density at radius 2 is 1.75 bits per heavy atom. The van der Waals surface area contributed by atoms with E-state index < -0.39 is 11.8 Å². The Morgan fingerprint density at radius 3 is 2.35 bits per heavy atom. The minimum atomic E-state index is -1.08. The van der Waals surface area contributed by atoms with Gasteiger partial charge in [0.25, 0.3) is 0 Å². The summed E-state index contributed by atoms with van der Waals surface area (Å²) in [6, 6.07) is 8.92. The van der Waals surface area contributed by atoms with Gasteiger partial charge in [0, 0.05) is 16.1 Å². The predicted molar refractivity (Wildman–Crippen MR) is 78.5 cm³/mol. The molecule has 0 aliphatic rings. The lowest BCUT2D eigenvalue weighted by Crippen LogP contribution is -1.89. The highest BCUT2D eigenvalue weighted by molar-refractivity contribution is 6.35. The molecule has 0 saturated carbocycles. The third kappa shape index (κ3) is 3.59. The Bertz CT molecular complexity index is 676. The summed E-state index contributed by atoms with van der Waals surface area (Å²) in [4.78, 5) is 10.6. The van der Waals surface area contributed by atoms with Gasteiger partial charge in [-0.15, -0.1) is 0 Å². The minimum Gasteiger partial charge on any atom is -0.478 e. The number of carboxylic acids is 1. The number of rotatable bonds is 3. The van der Waals surface area contributed by atoms with E-state index in [0.29, 0.717) is 26.7 Å². The Morgan fingerprint density at radius 1 is 1.10 bits per heavy atom. The fraction of sp³-hybridized carbons (Fsp3) is 0. The standard InChI is InChI=1S/C15H9Cl2FO2/c16-11-5-10(6-12(17)7-11)14-8-13(18)3-1-9(14)2-4-15(19)20/h1-8H,(H,19,20)/b4-2+. The Labute approximate surface area is 125 Å². The van der Waals surface area contributed by atoms with E-state index in [1.807, 2.05) is 0 Å². The van der Waals surface area contributed by atoms with Crippen LogP contribution in [0.25, 0.3) is 17.2 Å². The zero-order chi connectivity index (χ0) is 14.7. The van der Waals surface area contributed by atoms with Gasteiger partial charge in [-0.25, -0.2) is 9.18 Å². The van der Waals surface area contributed by atoms with Crippen LogP contribution in [0.3, 0.4) is 0 Å². The first-order chi connectivity index (χ1) is 9.45. The summed E-state index contributed by atoms with van der Waals surface area (Å²) in [7, 11) is 0. The lowest BCUT2D eigenvalue weighted by atomic mass is 9.99. The molecule has 2 nitrogen and oxygen atoms in total. The molecular formula is C15H9Cl2FO2. The van der Waals surface area contributed by atoms with Gasteiger partial charge in [-0.1, -0.05) is 29.3 Å². The van der Waals surface area contributed by atoms with E-state index in [4.69, 9.17) is 28.3 Å². The van der Waals surface area contributed by atoms with Crippen LogP contribution in [0.5, 0.6) is 0 Å². The van der Waals surface area contributed by atoms with Crippen LogP contribution in [0.15, 0.2) is 42.5 Å². The van der Waals surface area contributed by atoms with Crippen molar-refractivity contribution in [3.63, 3.8) is 0 Å². The van der Waals surface area contributed by atoms with Gasteiger partial charge >= 0.3 is 5.97 Å². The van der Waals surface area contributed by atoms with E-state index in [2.05, 4.69) is 0 Å². The average Bonchev–Trinajstić information content (AvgIpc) is 2.36. The van der Waals surface area contributed by atoms with Crippen molar-refractivity contribution in [3.8, 4) is 11.1 Å². The molecule has 0 amide bonds. The maximum absolute atomic E-state index is 13.4. The predicted octanol–water partition coefficient (Wildman–Crippen LogP) is 4.90. The normalized spacial score (nSPS) is 10.9. The van der Waals surface area contributed by atoms with E-state index in [9.17, 15) is 9.18 Å². The molecule has 0 aromatic heterocycles. The van der Waals surface area contributed by atoms with Gasteiger partial charge in [-0.2, -0.15) is 0 Å². The van der Waals surface area contributed by atoms with Gasteiger partial charge in [-0.05, 0) is 53.1 Å². The lowest BCUT2D eigenvalue weighted by Gasteiger charge is -2.08. The van der Waals surface area contributed by atoms with Crippen LogP contribution in [-0.2, 0) is 4.79 Å². The molecule has 1 N–H and O–H groups in total. The van der Waals surface area contributed by atoms with Crippen molar-refractivity contribution in [3.05, 3.63) is 63.9 Å². The molecule has 0 heterocycles. The number of hydrogen-bond acceptors (Lipinski definition) is 1. The summed E-state index contributed by atoms with van der Waals surface area (Å²) in [5, 5.41) is 9.52. The molecule has 2 aromatic rings. The average molecular weight is 311 g/mol. The number of carboxylic acid groups (broad SMARTS) is 1. The van der Waals surface area contributed by atoms with E-state index >= 15 is 0 Å². The quantitative estimate of drug-likeness (QED) is 0.819. The van der Waals surface area contributed by atoms with Gasteiger partial charge in [0.05, 0.1) is 0 Å². The van der Waals surface area contributed by atoms with Crippen molar-refractivity contribution in [1.82, 2.24) is 0 Å². The largest absolute Gasteiger partial charge is 0.478 e. The van der Waals surface area contributed by atoms with Crippen LogP contribution in [0.4, 0.5) is 4.39 Å². The molecule has 0 aliphatic carbocycles. The number of benzene rings is 2. The summed E-state index contributed by atoms with van der Waals surface area (Å²) in [6.07, 6.45) is 2.38. The minimum absolute atomic E-state index is 0.421. The van der Waals surface area contributed by atoms with Crippen LogP contribution in [0.2, 0.25) is 10.0 Å². The van der Waals surface area contributed by atoms with E-state index in [-0.39, 0.29) is 0 Å². The highest BCUT2D eigenvalue weighted by atomic mass is 35.5. The lowest BCUT2D eigenvalue weighted by molar-refractivity contribution is -0.131. The second-order valence-electron chi connectivity index (χ2n) is 4.06. The molecule has 0 fully saturated rings. The molecular weight excluding hydrogens is 302 g/mol. The van der Waals surface area contributed by atoms with Crippen LogP contribution < -0.4 is 0 Å². The SMILES string of the molecule is O=C(O)/C=C/c1ccc(F)cc1-c1cc(Cl)cc(Cl)c1. The molecule has 0 radical (unpaired) electrons. The third-order valence-electron chi connectivity index (χ3n) is 2.59. The van der Waals surface area contributed by atoms with E-state index in [0.717, 1.165) is 6.08 Å². The molecule has 102 valence electrons. The number of carbonyl (C=O) groups is 1. The fourth-order valence-corrected chi connectivity index (χ4v) is 2.32. The zero-order valence-corrected chi connectivity index (χ0v) is 11.6. The van der Waals surface area contributed by atoms with Crippen LogP contribution in [-0.4, -0.2) is 11.1 Å². The smallest absolute Gasteiger partial charge is 0.328 e. The maximum atomic E-state index is 13.4. The van der Waals surface area contributed by atoms with Crippen LogP contribution in [0, 0.1) is 5.82 Å². The van der Waals surface area contributed by atoms with Crippen molar-refractivity contribution in [2.24, 2.45) is 0 Å².